The minimum Gasteiger partial charge on any atom is -0.486 e. The molecule has 0 bridgehead atoms. The number of benzene rings is 1. The number of carbonyl (C=O) groups is 1. The molecule has 0 aliphatic carbocycles. The Morgan fingerprint density at radius 3 is 2.80 bits per heavy atom. The maximum Gasteiger partial charge on any atom is 0.233 e. The Morgan fingerprint density at radius 1 is 1.33 bits per heavy atom. The highest BCUT2D eigenvalue weighted by molar-refractivity contribution is 8.20. The van der Waals surface area contributed by atoms with E-state index in [-0.39, 0.29) is 5.78 Å². The lowest BCUT2D eigenvalue weighted by atomic mass is 10.1. The van der Waals surface area contributed by atoms with E-state index in [0.717, 1.165) is 5.75 Å². The van der Waals surface area contributed by atoms with Gasteiger partial charge >= 0.3 is 0 Å². The van der Waals surface area contributed by atoms with Crippen LogP contribution in [0.25, 0.3) is 0 Å². The summed E-state index contributed by atoms with van der Waals surface area (Å²) in [6.45, 7) is 1.12. The molecule has 5 heteroatoms. The second-order valence-electron chi connectivity index (χ2n) is 3.09. The van der Waals surface area contributed by atoms with E-state index >= 15 is 0 Å². The van der Waals surface area contributed by atoms with Crippen LogP contribution >= 0.6 is 10.1 Å². The van der Waals surface area contributed by atoms with Gasteiger partial charge in [-0.15, -0.1) is 0 Å². The third-order valence-corrected chi connectivity index (χ3v) is 3.01. The van der Waals surface area contributed by atoms with Crippen molar-refractivity contribution >= 4 is 31.1 Å². The van der Waals surface area contributed by atoms with Gasteiger partial charge in [0.05, 0.1) is 0 Å². The molecule has 0 N–H and O–H groups in total. The van der Waals surface area contributed by atoms with Gasteiger partial charge in [-0.05, 0) is 18.2 Å². The van der Waals surface area contributed by atoms with Crippen LogP contribution in [0, 0.1) is 0 Å². The topological polar surface area (TPSA) is 35.5 Å². The summed E-state index contributed by atoms with van der Waals surface area (Å²) in [5.74, 6) is 1.95. The molecule has 1 aliphatic heterocycles. The first kappa shape index (κ1) is 10.9. The van der Waals surface area contributed by atoms with Gasteiger partial charge in [-0.25, -0.2) is 0 Å². The van der Waals surface area contributed by atoms with Crippen LogP contribution in [0.2, 0.25) is 0 Å². The number of fused-ring (bicyclic) bond motifs is 1. The average Bonchev–Trinajstić information content (AvgIpc) is 2.29. The predicted octanol–water partition coefficient (Wildman–Crippen LogP) is 1.46. The first-order valence-corrected chi connectivity index (χ1v) is 7.02. The Labute approximate surface area is 99.6 Å². The Hall–Kier alpha value is -0.628. The molecule has 1 heterocycles. The number of rotatable bonds is 3. The van der Waals surface area contributed by atoms with Gasteiger partial charge in [-0.2, -0.15) is 0 Å². The molecule has 0 aromatic heterocycles. The van der Waals surface area contributed by atoms with Crippen molar-refractivity contribution in [2.24, 2.45) is 0 Å². The van der Waals surface area contributed by atoms with Gasteiger partial charge < -0.3 is 9.47 Å². The fourth-order valence-electron chi connectivity index (χ4n) is 1.38. The van der Waals surface area contributed by atoms with Crippen LogP contribution in [0.15, 0.2) is 18.2 Å². The van der Waals surface area contributed by atoms with Gasteiger partial charge in [0.15, 0.2) is 17.3 Å². The quantitative estimate of drug-likeness (QED) is 0.588. The summed E-state index contributed by atoms with van der Waals surface area (Å²) in [4.78, 5) is 11.6. The molecule has 0 saturated carbocycles. The molecule has 0 saturated heterocycles. The molecule has 1 aromatic carbocycles. The maximum atomic E-state index is 11.6. The van der Waals surface area contributed by atoms with Gasteiger partial charge in [0, 0.05) is 11.3 Å². The fourth-order valence-corrected chi connectivity index (χ4v) is 2.15. The van der Waals surface area contributed by atoms with Crippen molar-refractivity contribution in [3.63, 3.8) is 0 Å². The number of carbonyl (C=O) groups excluding carboxylic acids is 1. The van der Waals surface area contributed by atoms with Crippen molar-refractivity contribution in [2.75, 3.05) is 19.0 Å². The Bertz CT molecular complexity index is 381. The standard InChI is InChI=1S/C10H10O3S.Al/c11-8(6-14)7-1-2-9-10(5-7)13-4-3-12-9;/h1-2,5,14H,3-4,6H2;/q;+1/p-1. The van der Waals surface area contributed by atoms with Gasteiger partial charge in [-0.3, -0.25) is 14.9 Å². The maximum absolute atomic E-state index is 11.6. The molecule has 2 radical (unpaired) electrons. The van der Waals surface area contributed by atoms with E-state index in [0.29, 0.717) is 30.3 Å². The highest BCUT2D eigenvalue weighted by atomic mass is 32.3. The average molecular weight is 236 g/mol. The van der Waals surface area contributed by atoms with Gasteiger partial charge in [0.1, 0.15) is 13.2 Å². The summed E-state index contributed by atoms with van der Waals surface area (Å²) in [5, 5.41) is 0. The van der Waals surface area contributed by atoms with Crippen LogP contribution in [0.3, 0.4) is 0 Å². The molecule has 0 spiro atoms. The highest BCUT2D eigenvalue weighted by Crippen LogP contribution is 2.30. The Kier molecular flexibility index (Phi) is 3.58. The van der Waals surface area contributed by atoms with E-state index in [1.54, 1.807) is 18.2 Å². The smallest absolute Gasteiger partial charge is 0.233 e. The number of ketones is 1. The van der Waals surface area contributed by atoms with Gasteiger partial charge in [0.25, 0.3) is 0 Å². The normalized spacial score (nSPS) is 13.6. The zero-order valence-corrected chi connectivity index (χ0v) is 10.0. The molecule has 76 valence electrons. The first-order chi connectivity index (χ1) is 7.31. The molecule has 2 rings (SSSR count). The van der Waals surface area contributed by atoms with Crippen LogP contribution in [0.5, 0.6) is 11.5 Å². The second-order valence-corrected chi connectivity index (χ2v) is 4.71. The largest absolute Gasteiger partial charge is 0.486 e. The number of Topliss-reactive ketones (excluding diaryl/α,β-unsaturated/α-hetero) is 1. The summed E-state index contributed by atoms with van der Waals surface area (Å²) < 4.78 is 10.8. The van der Waals surface area contributed by atoms with Crippen molar-refractivity contribution < 1.29 is 14.3 Å². The molecule has 0 amide bonds. The van der Waals surface area contributed by atoms with Crippen molar-refractivity contribution in [3.8, 4) is 11.5 Å². The molecule has 3 nitrogen and oxygen atoms in total. The predicted molar refractivity (Wildman–Crippen MR) is 60.0 cm³/mol. The summed E-state index contributed by atoms with van der Waals surface area (Å²) in [6, 6.07) is 5.31. The highest BCUT2D eigenvalue weighted by Gasteiger charge is 2.14. The van der Waals surface area contributed by atoms with Crippen LogP contribution in [0.4, 0.5) is 0 Å². The zero-order chi connectivity index (χ0) is 10.7. The van der Waals surface area contributed by atoms with Gasteiger partial charge in [0.2, 0.25) is 15.2 Å². The lowest BCUT2D eigenvalue weighted by Crippen LogP contribution is -2.16. The van der Waals surface area contributed by atoms with E-state index in [9.17, 15) is 4.79 Å². The van der Waals surface area contributed by atoms with Crippen molar-refractivity contribution in [2.45, 2.75) is 0 Å². The molecular weight excluding hydrogens is 227 g/mol. The van der Waals surface area contributed by atoms with Gasteiger partial charge in [-0.1, -0.05) is 0 Å². The monoisotopic (exact) mass is 236 g/mol. The SMILES string of the molecule is O=C(C[S][Al])c1ccc2c(c1)OCCO2. The lowest BCUT2D eigenvalue weighted by Gasteiger charge is -2.18. The number of hydrogen-bond acceptors (Lipinski definition) is 4. The Morgan fingerprint density at radius 2 is 2.07 bits per heavy atom. The van der Waals surface area contributed by atoms with Crippen molar-refractivity contribution in [1.82, 2.24) is 0 Å². The van der Waals surface area contributed by atoms with E-state index in [1.807, 2.05) is 0 Å². The van der Waals surface area contributed by atoms with Crippen LogP contribution < -0.4 is 9.47 Å². The summed E-state index contributed by atoms with van der Waals surface area (Å²) >= 11 is 2.47. The molecular formula is C10H9AlO3S. The summed E-state index contributed by atoms with van der Waals surface area (Å²) in [6.07, 6.45) is 0. The number of hydrogen-bond donors (Lipinski definition) is 0. The lowest BCUT2D eigenvalue weighted by molar-refractivity contribution is 0.102. The van der Waals surface area contributed by atoms with Crippen molar-refractivity contribution in [1.29, 1.82) is 0 Å². The van der Waals surface area contributed by atoms with E-state index in [2.05, 4.69) is 15.2 Å². The first-order valence-electron chi connectivity index (χ1n) is 4.56. The zero-order valence-electron chi connectivity index (χ0n) is 8.06. The molecule has 1 aromatic rings. The van der Waals surface area contributed by atoms with E-state index < -0.39 is 0 Å². The fraction of sp³-hybridized carbons (Fsp3) is 0.300. The minimum atomic E-state index is 0.104. The number of ether oxygens (including phenoxy) is 2. The third-order valence-electron chi connectivity index (χ3n) is 2.08. The minimum absolute atomic E-state index is 0.104. The van der Waals surface area contributed by atoms with E-state index in [1.165, 1.54) is 10.1 Å². The molecule has 1 aliphatic rings. The molecule has 0 unspecified atom stereocenters. The summed E-state index contributed by atoms with van der Waals surface area (Å²) in [7, 11) is 1.44. The molecule has 15 heavy (non-hydrogen) atoms. The Balaban J connectivity index is 2.24. The second kappa shape index (κ2) is 4.93. The van der Waals surface area contributed by atoms with Crippen LogP contribution in [-0.2, 0) is 0 Å². The molecule has 0 fully saturated rings. The van der Waals surface area contributed by atoms with Crippen molar-refractivity contribution in [3.05, 3.63) is 23.8 Å². The summed E-state index contributed by atoms with van der Waals surface area (Å²) in [5.41, 5.74) is 0.675. The van der Waals surface area contributed by atoms with E-state index in [4.69, 9.17) is 9.47 Å². The molecule has 0 atom stereocenters. The van der Waals surface area contributed by atoms with Crippen LogP contribution in [-0.4, -0.2) is 39.9 Å². The van der Waals surface area contributed by atoms with Crippen LogP contribution in [0.1, 0.15) is 10.4 Å². The third kappa shape index (κ3) is 2.49.